The van der Waals surface area contributed by atoms with Gasteiger partial charge in [0, 0.05) is 19.5 Å². The van der Waals surface area contributed by atoms with Crippen molar-refractivity contribution in [2.75, 3.05) is 18.5 Å². The highest BCUT2D eigenvalue weighted by Gasteiger charge is 2.30. The van der Waals surface area contributed by atoms with Crippen LogP contribution in [0.4, 0.5) is 19.0 Å². The van der Waals surface area contributed by atoms with E-state index >= 15 is 0 Å². The number of nitrogens with zero attached hydrogens (tertiary/aromatic N) is 5. The van der Waals surface area contributed by atoms with Crippen LogP contribution in [-0.4, -0.2) is 37.8 Å². The first-order valence-electron chi connectivity index (χ1n) is 10.6. The summed E-state index contributed by atoms with van der Waals surface area (Å²) in [5.41, 5.74) is 0.813. The van der Waals surface area contributed by atoms with Crippen molar-refractivity contribution in [1.29, 1.82) is 5.26 Å². The Morgan fingerprint density at radius 2 is 1.91 bits per heavy atom. The second-order valence-electron chi connectivity index (χ2n) is 7.97. The van der Waals surface area contributed by atoms with Gasteiger partial charge in [-0.05, 0) is 30.0 Å². The van der Waals surface area contributed by atoms with E-state index in [1.807, 2.05) is 6.07 Å². The fraction of sp³-hybridized carbons (Fsp3) is 0.455. The SMILES string of the molecule is N#Cc1nc(NCCC2CCC2)c2c(n1)nc(CCO)n2Cc1ccc(C(F)(F)F)cc1. The zero-order valence-electron chi connectivity index (χ0n) is 17.4. The van der Waals surface area contributed by atoms with E-state index < -0.39 is 11.7 Å². The van der Waals surface area contributed by atoms with Gasteiger partial charge in [-0.15, -0.1) is 0 Å². The number of aromatic nitrogens is 4. The maximum atomic E-state index is 12.9. The summed E-state index contributed by atoms with van der Waals surface area (Å²) in [6.07, 6.45) is 0.519. The number of imidazole rings is 1. The molecule has 0 amide bonds. The molecule has 0 unspecified atom stereocenters. The third-order valence-corrected chi connectivity index (χ3v) is 5.81. The molecule has 1 aromatic carbocycles. The van der Waals surface area contributed by atoms with Gasteiger partial charge in [0.15, 0.2) is 11.5 Å². The zero-order valence-corrected chi connectivity index (χ0v) is 17.4. The molecule has 2 heterocycles. The predicted molar refractivity (Wildman–Crippen MR) is 112 cm³/mol. The molecule has 3 aromatic rings. The smallest absolute Gasteiger partial charge is 0.396 e. The van der Waals surface area contributed by atoms with E-state index in [1.165, 1.54) is 31.4 Å². The summed E-state index contributed by atoms with van der Waals surface area (Å²) in [4.78, 5) is 13.0. The Hall–Kier alpha value is -3.19. The normalized spacial score (nSPS) is 14.3. The number of rotatable bonds is 8. The Bertz CT molecular complexity index is 1130. The van der Waals surface area contributed by atoms with Crippen LogP contribution < -0.4 is 5.32 Å². The number of benzene rings is 1. The summed E-state index contributed by atoms with van der Waals surface area (Å²) in [6, 6.07) is 6.88. The standard InChI is InChI=1S/C22H23F3N6O/c23-22(24,25)16-6-4-15(5-7-16)13-31-18(9-11-32)30-21-19(31)20(28-17(12-26)29-21)27-10-8-14-2-1-3-14/h4-7,14,32H,1-3,8-11,13H2,(H,27,28,29). The minimum Gasteiger partial charge on any atom is -0.396 e. The number of halogens is 3. The maximum Gasteiger partial charge on any atom is 0.416 e. The molecular formula is C22H23F3N6O. The number of nitriles is 1. The molecule has 0 saturated heterocycles. The van der Waals surface area contributed by atoms with Crippen LogP contribution in [0.1, 0.15) is 48.5 Å². The first-order valence-corrected chi connectivity index (χ1v) is 10.6. The predicted octanol–water partition coefficient (Wildman–Crippen LogP) is 3.90. The van der Waals surface area contributed by atoms with Crippen molar-refractivity contribution in [2.24, 2.45) is 5.92 Å². The van der Waals surface area contributed by atoms with Crippen molar-refractivity contribution in [1.82, 2.24) is 19.5 Å². The lowest BCUT2D eigenvalue weighted by atomic mass is 9.83. The summed E-state index contributed by atoms with van der Waals surface area (Å²) in [5, 5.41) is 22.1. The Labute approximate surface area is 182 Å². The number of anilines is 1. The molecule has 1 saturated carbocycles. The topological polar surface area (TPSA) is 99.7 Å². The van der Waals surface area contributed by atoms with Gasteiger partial charge in [0.05, 0.1) is 12.2 Å². The summed E-state index contributed by atoms with van der Waals surface area (Å²) >= 11 is 0. The van der Waals surface area contributed by atoms with Gasteiger partial charge in [-0.3, -0.25) is 0 Å². The number of nitrogens with one attached hydrogen (secondary N) is 1. The van der Waals surface area contributed by atoms with E-state index in [1.54, 1.807) is 4.57 Å². The average Bonchev–Trinajstić information content (AvgIpc) is 3.06. The van der Waals surface area contributed by atoms with Crippen LogP contribution in [0, 0.1) is 17.2 Å². The molecule has 0 bridgehead atoms. The lowest BCUT2D eigenvalue weighted by molar-refractivity contribution is -0.137. The van der Waals surface area contributed by atoms with Crippen LogP contribution >= 0.6 is 0 Å². The molecule has 10 heteroatoms. The fourth-order valence-electron chi connectivity index (χ4n) is 3.87. The molecule has 1 aliphatic carbocycles. The molecule has 0 atom stereocenters. The quantitative estimate of drug-likeness (QED) is 0.547. The number of aliphatic hydroxyl groups excluding tert-OH is 1. The average molecular weight is 444 g/mol. The van der Waals surface area contributed by atoms with Crippen molar-refractivity contribution in [3.05, 3.63) is 47.0 Å². The zero-order chi connectivity index (χ0) is 22.7. The van der Waals surface area contributed by atoms with E-state index in [0.717, 1.165) is 18.6 Å². The van der Waals surface area contributed by atoms with Crippen LogP contribution in [0.5, 0.6) is 0 Å². The van der Waals surface area contributed by atoms with Gasteiger partial charge in [0.25, 0.3) is 0 Å². The van der Waals surface area contributed by atoms with Crippen molar-refractivity contribution in [3.8, 4) is 6.07 Å². The van der Waals surface area contributed by atoms with Crippen LogP contribution in [0.15, 0.2) is 24.3 Å². The van der Waals surface area contributed by atoms with Gasteiger partial charge in [-0.2, -0.15) is 28.4 Å². The van der Waals surface area contributed by atoms with E-state index in [4.69, 9.17) is 0 Å². The molecule has 0 aliphatic heterocycles. The highest BCUT2D eigenvalue weighted by Crippen LogP contribution is 2.31. The molecule has 32 heavy (non-hydrogen) atoms. The molecule has 7 nitrogen and oxygen atoms in total. The van der Waals surface area contributed by atoms with Gasteiger partial charge in [-0.1, -0.05) is 31.4 Å². The van der Waals surface area contributed by atoms with Gasteiger partial charge >= 0.3 is 6.18 Å². The second kappa shape index (κ2) is 9.12. The number of hydrogen-bond donors (Lipinski definition) is 2. The third-order valence-electron chi connectivity index (χ3n) is 5.81. The Kier molecular flexibility index (Phi) is 6.28. The van der Waals surface area contributed by atoms with Gasteiger partial charge in [0.1, 0.15) is 17.4 Å². The van der Waals surface area contributed by atoms with Crippen molar-refractivity contribution in [2.45, 2.75) is 44.8 Å². The third kappa shape index (κ3) is 4.67. The van der Waals surface area contributed by atoms with Gasteiger partial charge in [0.2, 0.25) is 5.82 Å². The fourth-order valence-corrected chi connectivity index (χ4v) is 3.87. The molecule has 0 radical (unpaired) electrons. The van der Waals surface area contributed by atoms with Gasteiger partial charge in [-0.25, -0.2) is 4.98 Å². The minimum atomic E-state index is -4.40. The highest BCUT2D eigenvalue weighted by molar-refractivity contribution is 5.84. The summed E-state index contributed by atoms with van der Waals surface area (Å²) in [7, 11) is 0. The Balaban J connectivity index is 1.70. The summed E-state index contributed by atoms with van der Waals surface area (Å²) in [6.45, 7) is 0.762. The second-order valence-corrected chi connectivity index (χ2v) is 7.97. The van der Waals surface area contributed by atoms with Gasteiger partial charge < -0.3 is 15.0 Å². The highest BCUT2D eigenvalue weighted by atomic mass is 19.4. The van der Waals surface area contributed by atoms with Crippen LogP contribution in [0.2, 0.25) is 0 Å². The van der Waals surface area contributed by atoms with E-state index in [0.29, 0.717) is 40.8 Å². The summed E-state index contributed by atoms with van der Waals surface area (Å²) < 4.78 is 40.5. The van der Waals surface area contributed by atoms with Crippen LogP contribution in [0.25, 0.3) is 11.2 Å². The minimum absolute atomic E-state index is 0.0154. The summed E-state index contributed by atoms with van der Waals surface area (Å²) in [5.74, 6) is 1.67. The number of hydrogen-bond acceptors (Lipinski definition) is 6. The number of alkyl halides is 3. The van der Waals surface area contributed by atoms with Crippen molar-refractivity contribution in [3.63, 3.8) is 0 Å². The maximum absolute atomic E-state index is 12.9. The first kappa shape index (κ1) is 22.0. The van der Waals surface area contributed by atoms with Crippen molar-refractivity contribution < 1.29 is 18.3 Å². The first-order chi connectivity index (χ1) is 15.4. The molecule has 1 fully saturated rings. The molecule has 0 spiro atoms. The van der Waals surface area contributed by atoms with Crippen LogP contribution in [-0.2, 0) is 19.1 Å². The van der Waals surface area contributed by atoms with Crippen LogP contribution in [0.3, 0.4) is 0 Å². The van der Waals surface area contributed by atoms with E-state index in [9.17, 15) is 23.5 Å². The van der Waals surface area contributed by atoms with E-state index in [2.05, 4.69) is 20.3 Å². The molecule has 168 valence electrons. The Morgan fingerprint density at radius 1 is 1.16 bits per heavy atom. The number of aliphatic hydroxyl groups is 1. The number of fused-ring (bicyclic) bond motifs is 1. The largest absolute Gasteiger partial charge is 0.416 e. The molecule has 2 N–H and O–H groups in total. The molecular weight excluding hydrogens is 421 g/mol. The molecule has 4 rings (SSSR count). The monoisotopic (exact) mass is 444 g/mol. The lowest BCUT2D eigenvalue weighted by Crippen LogP contribution is -2.17. The lowest BCUT2D eigenvalue weighted by Gasteiger charge is -2.25. The molecule has 1 aliphatic rings. The molecule has 2 aromatic heterocycles. The van der Waals surface area contributed by atoms with E-state index in [-0.39, 0.29) is 25.4 Å². The Morgan fingerprint density at radius 3 is 2.50 bits per heavy atom. The van der Waals surface area contributed by atoms with Crippen molar-refractivity contribution >= 4 is 17.0 Å².